The maximum atomic E-state index is 13.4. The molecule has 0 aliphatic heterocycles. The van der Waals surface area contributed by atoms with Gasteiger partial charge in [-0.1, -0.05) is 44.2 Å². The van der Waals surface area contributed by atoms with Crippen molar-refractivity contribution < 1.29 is 31.9 Å². The third kappa shape index (κ3) is 8.78. The number of carbonyl (C=O) groups is 2. The van der Waals surface area contributed by atoms with Crippen LogP contribution in [0.15, 0.2) is 89.3 Å². The summed E-state index contributed by atoms with van der Waals surface area (Å²) in [5, 5.41) is 5.84. The molecule has 10 heteroatoms. The van der Waals surface area contributed by atoms with Gasteiger partial charge in [-0.05, 0) is 87.4 Å². The second kappa shape index (κ2) is 14.5. The van der Waals surface area contributed by atoms with E-state index >= 15 is 0 Å². The number of hydrogen-bond donors (Lipinski definition) is 2. The average molecular weight is 646 g/mol. The maximum absolute atomic E-state index is 13.4. The summed E-state index contributed by atoms with van der Waals surface area (Å²) in [4.78, 5) is 30.7. The molecular weight excluding hydrogens is 607 g/mol. The molecule has 0 aliphatic rings. The lowest BCUT2D eigenvalue weighted by Crippen LogP contribution is -2.40. The first-order valence-electron chi connectivity index (χ1n) is 15.3. The van der Waals surface area contributed by atoms with E-state index in [9.17, 15) is 22.8 Å². The van der Waals surface area contributed by atoms with Gasteiger partial charge in [-0.2, -0.15) is 13.2 Å². The zero-order valence-electron chi connectivity index (χ0n) is 27.2. The molecule has 0 saturated carbocycles. The van der Waals surface area contributed by atoms with Gasteiger partial charge in [0.25, 0.3) is 11.8 Å². The van der Waals surface area contributed by atoms with E-state index in [1.165, 1.54) is 7.05 Å². The van der Waals surface area contributed by atoms with Crippen LogP contribution in [-0.4, -0.2) is 35.6 Å². The number of rotatable bonds is 8. The van der Waals surface area contributed by atoms with E-state index < -0.39 is 30.5 Å². The summed E-state index contributed by atoms with van der Waals surface area (Å²) in [5.41, 5.74) is 1.57. The largest absolute Gasteiger partial charge is 0.457 e. The van der Waals surface area contributed by atoms with Crippen LogP contribution in [0.3, 0.4) is 0 Å². The fraction of sp³-hybridized carbons (Fsp3) is 0.270. The number of hydrogen-bond acceptors (Lipinski definition) is 5. The fourth-order valence-corrected chi connectivity index (χ4v) is 4.85. The van der Waals surface area contributed by atoms with Crippen molar-refractivity contribution in [2.24, 2.45) is 0 Å². The molecule has 0 saturated heterocycles. The van der Waals surface area contributed by atoms with Gasteiger partial charge in [0.15, 0.2) is 0 Å². The lowest BCUT2D eigenvalue weighted by molar-refractivity contribution is -0.134. The number of furan rings is 1. The Hall–Kier alpha value is -5.12. The molecule has 0 fully saturated rings. The number of halogens is 3. The number of amides is 2. The summed E-state index contributed by atoms with van der Waals surface area (Å²) in [7, 11) is 1.48. The van der Waals surface area contributed by atoms with E-state index in [1.807, 2.05) is 65.0 Å². The Balaban J connectivity index is 0.00000245. The Morgan fingerprint density at radius 2 is 1.49 bits per heavy atom. The van der Waals surface area contributed by atoms with E-state index in [1.54, 1.807) is 54.6 Å². The van der Waals surface area contributed by atoms with Crippen molar-refractivity contribution in [1.82, 2.24) is 15.6 Å². The van der Waals surface area contributed by atoms with E-state index in [-0.39, 0.29) is 28.6 Å². The third-order valence-electron chi connectivity index (χ3n) is 6.88. The standard InChI is InChI=1S/C35H32F3N3O4.C2H6/c1-34(2,3)41-31(42)23-10-8-9-22(19-23)26-20-27-29(32(43)39-4)30(45-33(27)40-28(26)17-18-35(36,37)38)21-13-15-25(16-14-21)44-24-11-6-5-7-12-24;1-2/h5-16,19-20H,17-18H2,1-4H3,(H,39,43)(H,41,42);1-2H3. The molecule has 246 valence electrons. The molecule has 7 nitrogen and oxygen atoms in total. The smallest absolute Gasteiger partial charge is 0.389 e. The molecular formula is C37H38F3N3O4. The van der Waals surface area contributed by atoms with Gasteiger partial charge in [0, 0.05) is 35.7 Å². The fourth-order valence-electron chi connectivity index (χ4n) is 4.85. The van der Waals surface area contributed by atoms with Gasteiger partial charge in [-0.3, -0.25) is 9.59 Å². The Morgan fingerprint density at radius 3 is 2.11 bits per heavy atom. The number of ether oxygens (including phenoxy) is 1. The molecule has 0 bridgehead atoms. The minimum Gasteiger partial charge on any atom is -0.457 e. The molecule has 2 aromatic heterocycles. The van der Waals surface area contributed by atoms with Gasteiger partial charge in [0.1, 0.15) is 17.3 Å². The number of benzene rings is 3. The molecule has 47 heavy (non-hydrogen) atoms. The highest BCUT2D eigenvalue weighted by atomic mass is 19.4. The van der Waals surface area contributed by atoms with E-state index in [0.29, 0.717) is 39.1 Å². The highest BCUT2D eigenvalue weighted by molar-refractivity contribution is 6.11. The van der Waals surface area contributed by atoms with Crippen molar-refractivity contribution in [1.29, 1.82) is 0 Å². The Morgan fingerprint density at radius 1 is 0.830 bits per heavy atom. The highest BCUT2D eigenvalue weighted by Gasteiger charge is 2.29. The summed E-state index contributed by atoms with van der Waals surface area (Å²) in [6.07, 6.45) is -5.96. The van der Waals surface area contributed by atoms with Crippen molar-refractivity contribution in [3.8, 4) is 33.9 Å². The molecule has 3 aromatic carbocycles. The van der Waals surface area contributed by atoms with Crippen LogP contribution < -0.4 is 15.4 Å². The van der Waals surface area contributed by atoms with Gasteiger partial charge < -0.3 is 19.8 Å². The predicted molar refractivity (Wildman–Crippen MR) is 178 cm³/mol. The van der Waals surface area contributed by atoms with Gasteiger partial charge in [-0.25, -0.2) is 4.98 Å². The maximum Gasteiger partial charge on any atom is 0.389 e. The number of fused-ring (bicyclic) bond motifs is 1. The number of carbonyl (C=O) groups excluding carboxylic acids is 2. The molecule has 0 spiro atoms. The zero-order chi connectivity index (χ0) is 34.4. The molecule has 5 aromatic rings. The normalized spacial score (nSPS) is 11.4. The molecule has 0 aliphatic carbocycles. The predicted octanol–water partition coefficient (Wildman–Crippen LogP) is 9.36. The minimum atomic E-state index is -4.42. The molecule has 5 rings (SSSR count). The van der Waals surface area contributed by atoms with E-state index in [0.717, 1.165) is 0 Å². The molecule has 2 heterocycles. The van der Waals surface area contributed by atoms with Crippen molar-refractivity contribution >= 4 is 22.9 Å². The summed E-state index contributed by atoms with van der Waals surface area (Å²) < 4.78 is 52.0. The molecule has 0 unspecified atom stereocenters. The lowest BCUT2D eigenvalue weighted by atomic mass is 9.96. The van der Waals surface area contributed by atoms with Crippen LogP contribution in [0.2, 0.25) is 0 Å². The van der Waals surface area contributed by atoms with Crippen molar-refractivity contribution in [3.63, 3.8) is 0 Å². The van der Waals surface area contributed by atoms with Crippen molar-refractivity contribution in [2.75, 3.05) is 7.05 Å². The summed E-state index contributed by atoms with van der Waals surface area (Å²) in [6, 6.07) is 24.3. The SMILES string of the molecule is CC.CNC(=O)c1c(-c2ccc(Oc3ccccc3)cc2)oc2nc(CCC(F)(F)F)c(-c3cccc(C(=O)NC(C)(C)C)c3)cc12. The van der Waals surface area contributed by atoms with Crippen LogP contribution in [-0.2, 0) is 6.42 Å². The topological polar surface area (TPSA) is 93.5 Å². The first kappa shape index (κ1) is 34.7. The van der Waals surface area contributed by atoms with Crippen molar-refractivity contribution in [3.05, 3.63) is 102 Å². The summed E-state index contributed by atoms with van der Waals surface area (Å²) >= 11 is 0. The van der Waals surface area contributed by atoms with Crippen LogP contribution in [0, 0.1) is 0 Å². The molecule has 0 radical (unpaired) electrons. The average Bonchev–Trinajstić information content (AvgIpc) is 3.42. The lowest BCUT2D eigenvalue weighted by Gasteiger charge is -2.20. The molecule has 2 N–H and O–H groups in total. The summed E-state index contributed by atoms with van der Waals surface area (Å²) in [5.74, 6) is 0.644. The van der Waals surface area contributed by atoms with Gasteiger partial charge in [-0.15, -0.1) is 0 Å². The summed E-state index contributed by atoms with van der Waals surface area (Å²) in [6.45, 7) is 9.55. The van der Waals surface area contributed by atoms with Crippen LogP contribution in [0.4, 0.5) is 13.2 Å². The Labute approximate surface area is 272 Å². The first-order valence-corrected chi connectivity index (χ1v) is 15.3. The zero-order valence-corrected chi connectivity index (χ0v) is 27.2. The molecule has 2 amide bonds. The van der Waals surface area contributed by atoms with Crippen LogP contribution in [0.25, 0.3) is 33.6 Å². The van der Waals surface area contributed by atoms with Crippen molar-refractivity contribution in [2.45, 2.75) is 59.2 Å². The number of para-hydroxylation sites is 1. The number of nitrogens with zero attached hydrogens (tertiary/aromatic N) is 1. The third-order valence-corrected chi connectivity index (χ3v) is 6.88. The second-order valence-corrected chi connectivity index (χ2v) is 11.6. The van der Waals surface area contributed by atoms with E-state index in [4.69, 9.17) is 9.15 Å². The van der Waals surface area contributed by atoms with E-state index in [2.05, 4.69) is 15.6 Å². The Bertz CT molecular complexity index is 1840. The van der Waals surface area contributed by atoms with Gasteiger partial charge in [0.2, 0.25) is 5.71 Å². The highest BCUT2D eigenvalue weighted by Crippen LogP contribution is 2.38. The van der Waals surface area contributed by atoms with Crippen LogP contribution in [0.5, 0.6) is 11.5 Å². The van der Waals surface area contributed by atoms with Crippen LogP contribution >= 0.6 is 0 Å². The minimum absolute atomic E-state index is 0.0239. The van der Waals surface area contributed by atoms with Gasteiger partial charge >= 0.3 is 6.18 Å². The number of nitrogens with one attached hydrogen (secondary N) is 2. The quantitative estimate of drug-likeness (QED) is 0.175. The second-order valence-electron chi connectivity index (χ2n) is 11.6. The van der Waals surface area contributed by atoms with Gasteiger partial charge in [0.05, 0.1) is 16.6 Å². The number of aromatic nitrogens is 1. The first-order chi connectivity index (χ1) is 22.3. The monoisotopic (exact) mass is 645 g/mol. The molecule has 0 atom stereocenters. The number of pyridine rings is 1. The van der Waals surface area contributed by atoms with Crippen LogP contribution in [0.1, 0.15) is 67.4 Å². The Kier molecular flexibility index (Phi) is 10.7. The number of aryl methyl sites for hydroxylation is 1. The number of alkyl halides is 3.